The first-order valence-electron chi connectivity index (χ1n) is 11.3. The Hall–Kier alpha value is -3.52. The predicted molar refractivity (Wildman–Crippen MR) is 125 cm³/mol. The van der Waals surface area contributed by atoms with Crippen LogP contribution in [0.5, 0.6) is 17.2 Å². The smallest absolute Gasteiger partial charge is 0.295 e. The van der Waals surface area contributed by atoms with Crippen LogP contribution in [0.4, 0.5) is 0 Å². The van der Waals surface area contributed by atoms with Crippen molar-refractivity contribution in [3.8, 4) is 17.2 Å². The van der Waals surface area contributed by atoms with E-state index in [1.165, 1.54) is 19.1 Å². The summed E-state index contributed by atoms with van der Waals surface area (Å²) in [5, 5.41) is 11.2. The van der Waals surface area contributed by atoms with Gasteiger partial charge in [0.05, 0.1) is 38.5 Å². The number of carbonyl (C=O) groups is 2. The lowest BCUT2D eigenvalue weighted by molar-refractivity contribution is -0.140. The van der Waals surface area contributed by atoms with Gasteiger partial charge in [-0.25, -0.2) is 0 Å². The fourth-order valence-corrected chi connectivity index (χ4v) is 4.48. The Bertz CT molecular complexity index is 1100. The first kappa shape index (κ1) is 23.6. The topological polar surface area (TPSA) is 94.5 Å². The number of amides is 1. The zero-order valence-corrected chi connectivity index (χ0v) is 19.6. The maximum atomic E-state index is 13.2. The van der Waals surface area contributed by atoms with Gasteiger partial charge in [-0.15, -0.1) is 0 Å². The molecular formula is C26H29NO7. The van der Waals surface area contributed by atoms with E-state index in [1.54, 1.807) is 42.5 Å². The van der Waals surface area contributed by atoms with Crippen LogP contribution in [0, 0.1) is 0 Å². The highest BCUT2D eigenvalue weighted by Gasteiger charge is 2.47. The number of ether oxygens (including phenoxy) is 4. The zero-order valence-electron chi connectivity index (χ0n) is 19.6. The Morgan fingerprint density at radius 2 is 1.94 bits per heavy atom. The van der Waals surface area contributed by atoms with Crippen molar-refractivity contribution >= 4 is 17.4 Å². The van der Waals surface area contributed by atoms with Crippen LogP contribution < -0.4 is 14.2 Å². The summed E-state index contributed by atoms with van der Waals surface area (Å²) in [7, 11) is 3.05. The van der Waals surface area contributed by atoms with E-state index in [0.29, 0.717) is 41.6 Å². The summed E-state index contributed by atoms with van der Waals surface area (Å²) in [6.45, 7) is 3.21. The summed E-state index contributed by atoms with van der Waals surface area (Å²) >= 11 is 0. The second-order valence-electron chi connectivity index (χ2n) is 8.16. The van der Waals surface area contributed by atoms with E-state index in [9.17, 15) is 14.7 Å². The van der Waals surface area contributed by atoms with Crippen LogP contribution in [0.1, 0.15) is 36.9 Å². The van der Waals surface area contributed by atoms with Crippen LogP contribution in [0.15, 0.2) is 48.0 Å². The molecule has 2 aliphatic rings. The van der Waals surface area contributed by atoms with Gasteiger partial charge < -0.3 is 29.0 Å². The molecule has 180 valence electrons. The lowest BCUT2D eigenvalue weighted by Crippen LogP contribution is -2.36. The molecule has 0 aromatic heterocycles. The Morgan fingerprint density at radius 1 is 1.12 bits per heavy atom. The van der Waals surface area contributed by atoms with Gasteiger partial charge >= 0.3 is 0 Å². The van der Waals surface area contributed by atoms with Crippen molar-refractivity contribution in [1.29, 1.82) is 0 Å². The molecule has 2 aliphatic heterocycles. The lowest BCUT2D eigenvalue weighted by Gasteiger charge is -2.28. The van der Waals surface area contributed by atoms with Crippen molar-refractivity contribution in [2.24, 2.45) is 0 Å². The second kappa shape index (κ2) is 10.2. The summed E-state index contributed by atoms with van der Waals surface area (Å²) in [5.74, 6) is -0.114. The van der Waals surface area contributed by atoms with Gasteiger partial charge in [0.2, 0.25) is 0 Å². The van der Waals surface area contributed by atoms with Gasteiger partial charge in [-0.3, -0.25) is 9.59 Å². The van der Waals surface area contributed by atoms with Crippen LogP contribution in [0.2, 0.25) is 0 Å². The molecule has 0 radical (unpaired) electrons. The van der Waals surface area contributed by atoms with Crippen LogP contribution in [0.3, 0.4) is 0 Å². The quantitative estimate of drug-likeness (QED) is 0.359. The number of Topliss-reactive ketones (excluding diaryl/α,β-unsaturated/α-hetero) is 1. The van der Waals surface area contributed by atoms with Crippen molar-refractivity contribution in [2.45, 2.75) is 31.9 Å². The van der Waals surface area contributed by atoms with Crippen LogP contribution >= 0.6 is 0 Å². The molecule has 1 amide bonds. The number of hydrogen-bond donors (Lipinski definition) is 1. The van der Waals surface area contributed by atoms with Gasteiger partial charge in [0, 0.05) is 18.7 Å². The van der Waals surface area contributed by atoms with Gasteiger partial charge in [0.1, 0.15) is 11.5 Å². The molecule has 2 saturated heterocycles. The van der Waals surface area contributed by atoms with E-state index in [0.717, 1.165) is 12.8 Å². The molecule has 8 nitrogen and oxygen atoms in total. The maximum Gasteiger partial charge on any atom is 0.295 e. The first-order valence-corrected chi connectivity index (χ1v) is 11.3. The van der Waals surface area contributed by atoms with Crippen LogP contribution in [-0.2, 0) is 14.3 Å². The Morgan fingerprint density at radius 3 is 2.62 bits per heavy atom. The maximum absolute atomic E-state index is 13.2. The number of hydrogen-bond acceptors (Lipinski definition) is 7. The third kappa shape index (κ3) is 4.46. The minimum Gasteiger partial charge on any atom is -0.507 e. The molecule has 34 heavy (non-hydrogen) atoms. The molecule has 2 aromatic carbocycles. The second-order valence-corrected chi connectivity index (χ2v) is 8.16. The minimum absolute atomic E-state index is 0.0162. The monoisotopic (exact) mass is 467 g/mol. The summed E-state index contributed by atoms with van der Waals surface area (Å²) < 4.78 is 22.1. The highest BCUT2D eigenvalue weighted by atomic mass is 16.5. The normalized spacial score (nSPS) is 21.7. The number of methoxy groups -OCH3 is 2. The minimum atomic E-state index is -0.806. The Labute approximate surface area is 198 Å². The third-order valence-electron chi connectivity index (χ3n) is 6.11. The van der Waals surface area contributed by atoms with E-state index in [-0.39, 0.29) is 24.0 Å². The molecular weight excluding hydrogens is 438 g/mol. The number of aliphatic hydroxyl groups excluding tert-OH is 1. The van der Waals surface area contributed by atoms with Gasteiger partial charge in [0.25, 0.3) is 11.7 Å². The number of rotatable bonds is 8. The molecule has 0 saturated carbocycles. The summed E-state index contributed by atoms with van der Waals surface area (Å²) in [6, 6.07) is 11.2. The van der Waals surface area contributed by atoms with E-state index < -0.39 is 17.7 Å². The molecule has 4 rings (SSSR count). The number of ketones is 1. The molecule has 2 atom stereocenters. The lowest BCUT2D eigenvalue weighted by atomic mass is 9.94. The zero-order chi connectivity index (χ0) is 24.2. The SMILES string of the molecule is CCOc1ccc(C2/C(=C(/O)c3cccc(OC)c3)C(=O)C(=O)N2CC2CCCO2)cc1OC. The van der Waals surface area contributed by atoms with Gasteiger partial charge in [-0.2, -0.15) is 0 Å². The van der Waals surface area contributed by atoms with Crippen molar-refractivity contribution in [3.63, 3.8) is 0 Å². The molecule has 2 aromatic rings. The fourth-order valence-electron chi connectivity index (χ4n) is 4.48. The number of carbonyl (C=O) groups excluding carboxylic acids is 2. The van der Waals surface area contributed by atoms with Crippen molar-refractivity contribution in [1.82, 2.24) is 4.90 Å². The largest absolute Gasteiger partial charge is 0.507 e. The highest BCUT2D eigenvalue weighted by molar-refractivity contribution is 6.46. The van der Waals surface area contributed by atoms with E-state index in [1.807, 2.05) is 6.92 Å². The Balaban J connectivity index is 1.85. The van der Waals surface area contributed by atoms with Gasteiger partial charge in [0.15, 0.2) is 11.5 Å². The third-order valence-corrected chi connectivity index (χ3v) is 6.11. The number of nitrogens with zero attached hydrogens (tertiary/aromatic N) is 1. The average molecular weight is 468 g/mol. The van der Waals surface area contributed by atoms with Crippen LogP contribution in [-0.4, -0.2) is 61.8 Å². The summed E-state index contributed by atoms with van der Waals surface area (Å²) in [4.78, 5) is 27.9. The number of likely N-dealkylation sites (tertiary alicyclic amines) is 1. The highest BCUT2D eigenvalue weighted by Crippen LogP contribution is 2.42. The number of aliphatic hydroxyl groups is 1. The van der Waals surface area contributed by atoms with Crippen molar-refractivity contribution in [2.75, 3.05) is 34.0 Å². The molecule has 2 fully saturated rings. The molecule has 0 aliphatic carbocycles. The first-order chi connectivity index (χ1) is 16.5. The van der Waals surface area contributed by atoms with E-state index >= 15 is 0 Å². The van der Waals surface area contributed by atoms with E-state index in [2.05, 4.69) is 0 Å². The summed E-state index contributed by atoms with van der Waals surface area (Å²) in [5.41, 5.74) is 1.03. The molecule has 1 N–H and O–H groups in total. The molecule has 8 heteroatoms. The van der Waals surface area contributed by atoms with Gasteiger partial charge in [-0.05, 0) is 49.6 Å². The van der Waals surface area contributed by atoms with Crippen molar-refractivity contribution in [3.05, 3.63) is 59.2 Å². The van der Waals surface area contributed by atoms with Crippen molar-refractivity contribution < 1.29 is 33.6 Å². The molecule has 0 spiro atoms. The van der Waals surface area contributed by atoms with Gasteiger partial charge in [-0.1, -0.05) is 18.2 Å². The summed E-state index contributed by atoms with van der Waals surface area (Å²) in [6.07, 6.45) is 1.54. The van der Waals surface area contributed by atoms with Crippen LogP contribution in [0.25, 0.3) is 5.76 Å². The number of benzene rings is 2. The molecule has 2 heterocycles. The molecule has 0 bridgehead atoms. The van der Waals surface area contributed by atoms with E-state index in [4.69, 9.17) is 18.9 Å². The average Bonchev–Trinajstić information content (AvgIpc) is 3.46. The molecule has 2 unspecified atom stereocenters. The fraction of sp³-hybridized carbons (Fsp3) is 0.385. The Kier molecular flexibility index (Phi) is 7.07. The predicted octanol–water partition coefficient (Wildman–Crippen LogP) is 3.70. The standard InChI is InChI=1S/C26H29NO7/c1-4-33-20-11-10-16(14-21(20)32-3)23-22(24(28)17-7-5-8-18(13-17)31-2)25(29)26(30)27(23)15-19-9-6-12-34-19/h5,7-8,10-11,13-14,19,23,28H,4,6,9,12,15H2,1-3H3/b24-22-.